The van der Waals surface area contributed by atoms with E-state index in [4.69, 9.17) is 0 Å². The van der Waals surface area contributed by atoms with E-state index in [0.717, 1.165) is 17.5 Å². The maximum Gasteiger partial charge on any atom is 0.275 e. The second kappa shape index (κ2) is 4.67. The Hall–Kier alpha value is -1.68. The summed E-state index contributed by atoms with van der Waals surface area (Å²) in [7, 11) is 1.70. The van der Waals surface area contributed by atoms with Gasteiger partial charge in [0.25, 0.3) is 5.56 Å². The van der Waals surface area contributed by atoms with Crippen LogP contribution in [0.25, 0.3) is 11.0 Å². The van der Waals surface area contributed by atoms with Crippen molar-refractivity contribution < 1.29 is 5.11 Å². The van der Waals surface area contributed by atoms with Crippen LogP contribution in [0.3, 0.4) is 0 Å². The molecule has 1 N–H and O–H groups in total. The van der Waals surface area contributed by atoms with Crippen molar-refractivity contribution in [2.24, 2.45) is 7.05 Å². The first kappa shape index (κ1) is 11.8. The van der Waals surface area contributed by atoms with Gasteiger partial charge in [0.05, 0.1) is 11.0 Å². The van der Waals surface area contributed by atoms with Gasteiger partial charge in [0.15, 0.2) is 0 Å². The van der Waals surface area contributed by atoms with Crippen molar-refractivity contribution in [2.75, 3.05) is 0 Å². The van der Waals surface area contributed by atoms with E-state index in [1.807, 2.05) is 31.2 Å². The maximum absolute atomic E-state index is 12.0. The minimum Gasteiger partial charge on any atom is -0.387 e. The zero-order valence-electron chi connectivity index (χ0n) is 10.1. The van der Waals surface area contributed by atoms with Crippen LogP contribution in [0.15, 0.2) is 29.1 Å². The predicted octanol–water partition coefficient (Wildman–Crippen LogP) is 1.77. The summed E-state index contributed by atoms with van der Waals surface area (Å²) in [5.41, 5.74) is 1.54. The van der Waals surface area contributed by atoms with Crippen LogP contribution in [-0.4, -0.2) is 14.7 Å². The number of hydrogen-bond donors (Lipinski definition) is 1. The maximum atomic E-state index is 12.0. The molecule has 0 aliphatic carbocycles. The van der Waals surface area contributed by atoms with Crippen molar-refractivity contribution in [1.82, 2.24) is 9.55 Å². The Kier molecular flexibility index (Phi) is 3.24. The number of para-hydroxylation sites is 2. The highest BCUT2D eigenvalue weighted by atomic mass is 16.3. The van der Waals surface area contributed by atoms with Gasteiger partial charge in [-0.15, -0.1) is 0 Å². The normalized spacial score (nSPS) is 12.9. The van der Waals surface area contributed by atoms with Crippen LogP contribution in [0.1, 0.15) is 31.6 Å². The molecule has 0 amide bonds. The van der Waals surface area contributed by atoms with Crippen molar-refractivity contribution in [3.8, 4) is 0 Å². The Morgan fingerprint density at radius 1 is 1.41 bits per heavy atom. The van der Waals surface area contributed by atoms with Gasteiger partial charge in [0.1, 0.15) is 11.8 Å². The van der Waals surface area contributed by atoms with Gasteiger partial charge < -0.3 is 9.67 Å². The first-order valence-electron chi connectivity index (χ1n) is 5.79. The molecule has 0 unspecified atom stereocenters. The summed E-state index contributed by atoms with van der Waals surface area (Å²) in [5, 5.41) is 9.91. The zero-order valence-corrected chi connectivity index (χ0v) is 10.1. The van der Waals surface area contributed by atoms with E-state index >= 15 is 0 Å². The molecular weight excluding hydrogens is 216 g/mol. The van der Waals surface area contributed by atoms with Crippen molar-refractivity contribution in [2.45, 2.75) is 25.9 Å². The number of aryl methyl sites for hydroxylation is 1. The standard InChI is InChI=1S/C13H16N2O2/c1-3-6-11(16)12-13(17)15(2)10-8-5-4-7-9(10)14-12/h4-5,7-8,11,16H,3,6H2,1-2H3/t11-/m1/s1. The molecule has 0 spiro atoms. The molecule has 0 aliphatic heterocycles. The smallest absolute Gasteiger partial charge is 0.275 e. The monoisotopic (exact) mass is 232 g/mol. The van der Waals surface area contributed by atoms with E-state index in [-0.39, 0.29) is 11.3 Å². The number of benzene rings is 1. The summed E-state index contributed by atoms with van der Waals surface area (Å²) < 4.78 is 1.54. The summed E-state index contributed by atoms with van der Waals surface area (Å²) in [6, 6.07) is 7.43. The SMILES string of the molecule is CCC[C@@H](O)c1nc2ccccc2n(C)c1=O. The summed E-state index contributed by atoms with van der Waals surface area (Å²) in [4.78, 5) is 16.3. The van der Waals surface area contributed by atoms with Crippen LogP contribution < -0.4 is 5.56 Å². The van der Waals surface area contributed by atoms with Gasteiger partial charge in [-0.25, -0.2) is 4.98 Å². The third-order valence-electron chi connectivity index (χ3n) is 2.89. The summed E-state index contributed by atoms with van der Waals surface area (Å²) in [6.07, 6.45) is 0.600. The number of aliphatic hydroxyl groups excluding tert-OH is 1. The minimum absolute atomic E-state index is 0.218. The van der Waals surface area contributed by atoms with Crippen molar-refractivity contribution in [3.63, 3.8) is 0 Å². The fraction of sp³-hybridized carbons (Fsp3) is 0.385. The van der Waals surface area contributed by atoms with Crippen LogP contribution in [0.4, 0.5) is 0 Å². The van der Waals surface area contributed by atoms with Gasteiger partial charge in [-0.2, -0.15) is 0 Å². The van der Waals surface area contributed by atoms with Crippen molar-refractivity contribution in [3.05, 3.63) is 40.3 Å². The molecule has 1 aromatic heterocycles. The Bertz CT molecular complexity index is 589. The lowest BCUT2D eigenvalue weighted by atomic mass is 10.1. The molecule has 0 saturated carbocycles. The second-order valence-corrected chi connectivity index (χ2v) is 4.15. The summed E-state index contributed by atoms with van der Waals surface area (Å²) in [6.45, 7) is 1.97. The second-order valence-electron chi connectivity index (χ2n) is 4.15. The quantitative estimate of drug-likeness (QED) is 0.877. The topological polar surface area (TPSA) is 55.1 Å². The van der Waals surface area contributed by atoms with Crippen LogP contribution in [0, 0.1) is 0 Å². The first-order chi connectivity index (χ1) is 8.15. The van der Waals surface area contributed by atoms with Gasteiger partial charge in [-0.3, -0.25) is 4.79 Å². The molecule has 0 fully saturated rings. The largest absolute Gasteiger partial charge is 0.387 e. The lowest BCUT2D eigenvalue weighted by Crippen LogP contribution is -2.25. The average Bonchev–Trinajstić information content (AvgIpc) is 2.34. The Balaban J connectivity index is 2.66. The number of fused-ring (bicyclic) bond motifs is 1. The van der Waals surface area contributed by atoms with Gasteiger partial charge in [-0.1, -0.05) is 25.5 Å². The predicted molar refractivity (Wildman–Crippen MR) is 66.9 cm³/mol. The lowest BCUT2D eigenvalue weighted by molar-refractivity contribution is 0.160. The zero-order chi connectivity index (χ0) is 12.4. The number of nitrogens with zero attached hydrogens (tertiary/aromatic N) is 2. The molecule has 1 atom stereocenters. The van der Waals surface area contributed by atoms with Crippen LogP contribution >= 0.6 is 0 Å². The molecular formula is C13H16N2O2. The fourth-order valence-electron chi connectivity index (χ4n) is 1.93. The molecule has 0 aliphatic rings. The third-order valence-corrected chi connectivity index (χ3v) is 2.89. The lowest BCUT2D eigenvalue weighted by Gasteiger charge is -2.11. The molecule has 0 radical (unpaired) electrons. The molecule has 1 heterocycles. The highest BCUT2D eigenvalue weighted by Gasteiger charge is 2.15. The Labute approximate surface area is 99.5 Å². The molecule has 2 aromatic rings. The number of rotatable bonds is 3. The van der Waals surface area contributed by atoms with E-state index in [1.54, 1.807) is 7.05 Å². The van der Waals surface area contributed by atoms with E-state index in [9.17, 15) is 9.90 Å². The van der Waals surface area contributed by atoms with Crippen LogP contribution in [0.5, 0.6) is 0 Å². The van der Waals surface area contributed by atoms with E-state index in [1.165, 1.54) is 4.57 Å². The molecule has 0 saturated heterocycles. The number of aromatic nitrogens is 2. The van der Waals surface area contributed by atoms with Gasteiger partial charge >= 0.3 is 0 Å². The first-order valence-corrected chi connectivity index (χ1v) is 5.79. The van der Waals surface area contributed by atoms with Crippen LogP contribution in [-0.2, 0) is 7.05 Å². The van der Waals surface area contributed by atoms with E-state index in [2.05, 4.69) is 4.98 Å². The minimum atomic E-state index is -0.775. The fourth-order valence-corrected chi connectivity index (χ4v) is 1.93. The molecule has 4 heteroatoms. The van der Waals surface area contributed by atoms with Gasteiger partial charge in [-0.05, 0) is 18.6 Å². The van der Waals surface area contributed by atoms with Gasteiger partial charge in [0, 0.05) is 7.05 Å². The highest BCUT2D eigenvalue weighted by Crippen LogP contribution is 2.16. The Morgan fingerprint density at radius 3 is 2.82 bits per heavy atom. The van der Waals surface area contributed by atoms with E-state index < -0.39 is 6.10 Å². The van der Waals surface area contributed by atoms with Crippen molar-refractivity contribution in [1.29, 1.82) is 0 Å². The molecule has 1 aromatic carbocycles. The summed E-state index contributed by atoms with van der Waals surface area (Å²) >= 11 is 0. The average molecular weight is 232 g/mol. The van der Waals surface area contributed by atoms with E-state index in [0.29, 0.717) is 6.42 Å². The molecule has 90 valence electrons. The number of hydrogen-bond acceptors (Lipinski definition) is 3. The third kappa shape index (κ3) is 2.08. The Morgan fingerprint density at radius 2 is 2.12 bits per heavy atom. The molecule has 0 bridgehead atoms. The summed E-state index contributed by atoms with van der Waals surface area (Å²) in [5.74, 6) is 0. The van der Waals surface area contributed by atoms with Crippen molar-refractivity contribution >= 4 is 11.0 Å². The number of aliphatic hydroxyl groups is 1. The molecule has 17 heavy (non-hydrogen) atoms. The molecule has 4 nitrogen and oxygen atoms in total. The van der Waals surface area contributed by atoms with Gasteiger partial charge in [0.2, 0.25) is 0 Å². The van der Waals surface area contributed by atoms with Crippen LogP contribution in [0.2, 0.25) is 0 Å². The highest BCUT2D eigenvalue weighted by molar-refractivity contribution is 5.74. The molecule has 2 rings (SSSR count).